The molecule has 4 heteroatoms. The number of nitrogens with zero attached hydrogens (tertiary/aromatic N) is 2. The molecule has 0 aromatic rings. The topological polar surface area (TPSA) is 50.9 Å². The average molecular weight is 229 g/mol. The van der Waals surface area contributed by atoms with Crippen LogP contribution in [0, 0.1) is 0 Å². The predicted octanol–water partition coefficient (Wildman–Crippen LogP) is 1.85. The van der Waals surface area contributed by atoms with Gasteiger partial charge in [-0.05, 0) is 26.7 Å². The molecule has 0 aliphatic rings. The second kappa shape index (κ2) is 8.39. The van der Waals surface area contributed by atoms with Gasteiger partial charge in [0.1, 0.15) is 0 Å². The van der Waals surface area contributed by atoms with E-state index in [2.05, 4.69) is 23.7 Å². The lowest BCUT2D eigenvalue weighted by Gasteiger charge is -2.31. The van der Waals surface area contributed by atoms with E-state index in [9.17, 15) is 0 Å². The van der Waals surface area contributed by atoms with Crippen molar-refractivity contribution in [3.63, 3.8) is 0 Å². The maximum atomic E-state index is 6.03. The van der Waals surface area contributed by atoms with Gasteiger partial charge >= 0.3 is 0 Å². The number of guanidine groups is 1. The van der Waals surface area contributed by atoms with Gasteiger partial charge in [0.2, 0.25) is 0 Å². The summed E-state index contributed by atoms with van der Waals surface area (Å²) < 4.78 is 5.11. The van der Waals surface area contributed by atoms with Gasteiger partial charge < -0.3 is 15.4 Å². The summed E-state index contributed by atoms with van der Waals surface area (Å²) in [6, 6.07) is 0.692. The number of ether oxygens (including phenoxy) is 1. The first-order chi connectivity index (χ1) is 7.56. The fourth-order valence-corrected chi connectivity index (χ4v) is 1.74. The third-order valence-electron chi connectivity index (χ3n) is 2.60. The van der Waals surface area contributed by atoms with Gasteiger partial charge in [-0.2, -0.15) is 0 Å². The molecule has 0 spiro atoms. The largest absolute Gasteiger partial charge is 0.383 e. The van der Waals surface area contributed by atoms with Crippen LogP contribution in [0.1, 0.15) is 40.5 Å². The first kappa shape index (κ1) is 15.2. The van der Waals surface area contributed by atoms with Gasteiger partial charge in [0.15, 0.2) is 5.96 Å². The van der Waals surface area contributed by atoms with Crippen molar-refractivity contribution in [2.45, 2.75) is 52.6 Å². The highest BCUT2D eigenvalue weighted by atomic mass is 16.5. The van der Waals surface area contributed by atoms with Crippen LogP contribution in [0.15, 0.2) is 4.99 Å². The van der Waals surface area contributed by atoms with Crippen LogP contribution in [0.5, 0.6) is 0 Å². The maximum absolute atomic E-state index is 6.03. The molecular formula is C12H27N3O. The molecule has 0 unspecified atom stereocenters. The van der Waals surface area contributed by atoms with Crippen molar-refractivity contribution in [3.05, 3.63) is 0 Å². The Morgan fingerprint density at radius 3 is 2.25 bits per heavy atom. The highest BCUT2D eigenvalue weighted by Crippen LogP contribution is 2.08. The fourth-order valence-electron chi connectivity index (χ4n) is 1.74. The molecule has 0 aliphatic carbocycles. The highest BCUT2D eigenvalue weighted by Gasteiger charge is 2.16. The molecule has 0 atom stereocenters. The lowest BCUT2D eigenvalue weighted by Crippen LogP contribution is -2.46. The number of nitrogens with two attached hydrogens (primary N) is 1. The summed E-state index contributed by atoms with van der Waals surface area (Å²) in [7, 11) is 1.71. The lowest BCUT2D eigenvalue weighted by atomic mass is 10.1. The van der Waals surface area contributed by atoms with Crippen molar-refractivity contribution in [3.8, 4) is 0 Å². The Morgan fingerprint density at radius 2 is 1.88 bits per heavy atom. The van der Waals surface area contributed by atoms with E-state index < -0.39 is 0 Å². The Hall–Kier alpha value is -0.770. The summed E-state index contributed by atoms with van der Waals surface area (Å²) in [6.45, 7) is 9.92. The van der Waals surface area contributed by atoms with Gasteiger partial charge in [-0.1, -0.05) is 13.8 Å². The van der Waals surface area contributed by atoms with E-state index in [0.29, 0.717) is 18.6 Å². The Bertz CT molecular complexity index is 200. The maximum Gasteiger partial charge on any atom is 0.191 e. The van der Waals surface area contributed by atoms with E-state index in [0.717, 1.165) is 19.4 Å². The molecule has 0 radical (unpaired) electrons. The monoisotopic (exact) mass is 229 g/mol. The zero-order valence-electron chi connectivity index (χ0n) is 11.4. The molecule has 0 saturated heterocycles. The molecule has 0 aromatic heterocycles. The first-order valence-corrected chi connectivity index (χ1v) is 6.15. The molecule has 2 N–H and O–H groups in total. The van der Waals surface area contributed by atoms with Gasteiger partial charge in [0.05, 0.1) is 6.61 Å². The van der Waals surface area contributed by atoms with Crippen molar-refractivity contribution in [1.29, 1.82) is 0 Å². The third kappa shape index (κ3) is 5.35. The summed E-state index contributed by atoms with van der Waals surface area (Å²) in [4.78, 5) is 6.57. The molecule has 0 bridgehead atoms. The zero-order chi connectivity index (χ0) is 12.6. The van der Waals surface area contributed by atoms with Crippen LogP contribution < -0.4 is 5.73 Å². The number of aliphatic imine (C=N–C) groups is 1. The van der Waals surface area contributed by atoms with E-state index in [1.54, 1.807) is 7.11 Å². The third-order valence-corrected chi connectivity index (χ3v) is 2.60. The Balaban J connectivity index is 4.63. The van der Waals surface area contributed by atoms with Crippen LogP contribution in [0.2, 0.25) is 0 Å². The molecule has 0 rings (SSSR count). The van der Waals surface area contributed by atoms with Crippen LogP contribution >= 0.6 is 0 Å². The van der Waals surface area contributed by atoms with Crippen LogP contribution in [0.3, 0.4) is 0 Å². The molecule has 16 heavy (non-hydrogen) atoms. The molecule has 0 saturated carbocycles. The average Bonchev–Trinajstić information content (AvgIpc) is 2.23. The van der Waals surface area contributed by atoms with Crippen LogP contribution in [0.4, 0.5) is 0 Å². The van der Waals surface area contributed by atoms with Crippen molar-refractivity contribution in [1.82, 2.24) is 4.90 Å². The summed E-state index contributed by atoms with van der Waals surface area (Å²) in [5.41, 5.74) is 6.03. The SMILES string of the molecule is CCC(CC)N(CCOC)C(N)=NC(C)C. The Morgan fingerprint density at radius 1 is 1.31 bits per heavy atom. The van der Waals surface area contributed by atoms with Gasteiger partial charge in [0.25, 0.3) is 0 Å². The minimum Gasteiger partial charge on any atom is -0.383 e. The van der Waals surface area contributed by atoms with E-state index >= 15 is 0 Å². The Labute approximate surface area is 99.9 Å². The number of hydrogen-bond acceptors (Lipinski definition) is 2. The molecule has 0 aromatic carbocycles. The molecule has 96 valence electrons. The van der Waals surface area contributed by atoms with Crippen LogP contribution in [-0.2, 0) is 4.74 Å². The number of methoxy groups -OCH3 is 1. The standard InChI is InChI=1S/C12H27N3O/c1-6-11(7-2)15(8-9-16-5)12(13)14-10(3)4/h10-11H,6-9H2,1-5H3,(H2,13,14). The molecule has 0 fully saturated rings. The van der Waals surface area contributed by atoms with Crippen LogP contribution in [-0.4, -0.2) is 43.2 Å². The summed E-state index contributed by atoms with van der Waals surface area (Å²) in [6.07, 6.45) is 2.16. The first-order valence-electron chi connectivity index (χ1n) is 6.15. The fraction of sp³-hybridized carbons (Fsp3) is 0.917. The van der Waals surface area contributed by atoms with Gasteiger partial charge in [-0.15, -0.1) is 0 Å². The van der Waals surface area contributed by atoms with Gasteiger partial charge in [-0.3, -0.25) is 4.99 Å². The number of hydrogen-bond donors (Lipinski definition) is 1. The van der Waals surface area contributed by atoms with Crippen molar-refractivity contribution in [2.75, 3.05) is 20.3 Å². The Kier molecular flexibility index (Phi) is 7.99. The minimum atomic E-state index is 0.236. The van der Waals surface area contributed by atoms with Crippen molar-refractivity contribution >= 4 is 5.96 Å². The molecule has 0 heterocycles. The smallest absolute Gasteiger partial charge is 0.191 e. The minimum absolute atomic E-state index is 0.236. The van der Waals surface area contributed by atoms with Gasteiger partial charge in [0, 0.05) is 25.7 Å². The highest BCUT2D eigenvalue weighted by molar-refractivity contribution is 5.78. The van der Waals surface area contributed by atoms with Crippen LogP contribution in [0.25, 0.3) is 0 Å². The molecule has 0 aliphatic heterocycles. The van der Waals surface area contributed by atoms with E-state index in [-0.39, 0.29) is 6.04 Å². The van der Waals surface area contributed by atoms with E-state index in [1.165, 1.54) is 0 Å². The molecule has 4 nitrogen and oxygen atoms in total. The van der Waals surface area contributed by atoms with Gasteiger partial charge in [-0.25, -0.2) is 0 Å². The number of rotatable bonds is 7. The lowest BCUT2D eigenvalue weighted by molar-refractivity contribution is 0.157. The summed E-state index contributed by atoms with van der Waals surface area (Å²) >= 11 is 0. The predicted molar refractivity (Wildman–Crippen MR) is 69.7 cm³/mol. The second-order valence-corrected chi connectivity index (χ2v) is 4.24. The second-order valence-electron chi connectivity index (χ2n) is 4.24. The van der Waals surface area contributed by atoms with Crippen molar-refractivity contribution in [2.24, 2.45) is 10.7 Å². The normalized spacial score (nSPS) is 12.6. The van der Waals surface area contributed by atoms with E-state index in [4.69, 9.17) is 10.5 Å². The van der Waals surface area contributed by atoms with Crippen molar-refractivity contribution < 1.29 is 4.74 Å². The zero-order valence-corrected chi connectivity index (χ0v) is 11.4. The molecular weight excluding hydrogens is 202 g/mol. The summed E-state index contributed by atoms with van der Waals surface area (Å²) in [5.74, 6) is 0.640. The summed E-state index contributed by atoms with van der Waals surface area (Å²) in [5, 5.41) is 0. The molecule has 0 amide bonds. The van der Waals surface area contributed by atoms with E-state index in [1.807, 2.05) is 13.8 Å². The quantitative estimate of drug-likeness (QED) is 0.535.